The van der Waals surface area contributed by atoms with Crippen LogP contribution >= 0.6 is 11.8 Å². The zero-order valence-electron chi connectivity index (χ0n) is 18.2. The van der Waals surface area contributed by atoms with E-state index in [0.717, 1.165) is 10.5 Å². The van der Waals surface area contributed by atoms with Crippen molar-refractivity contribution >= 4 is 35.0 Å². The average Bonchev–Trinajstić information content (AvgIpc) is 2.95. The van der Waals surface area contributed by atoms with E-state index in [2.05, 4.69) is 5.32 Å². The van der Waals surface area contributed by atoms with Gasteiger partial charge in [0.05, 0.1) is 19.9 Å². The van der Waals surface area contributed by atoms with E-state index in [-0.39, 0.29) is 24.1 Å². The summed E-state index contributed by atoms with van der Waals surface area (Å²) >= 11 is 1.56. The molecule has 2 amide bonds. The highest BCUT2D eigenvalue weighted by Gasteiger charge is 2.30. The summed E-state index contributed by atoms with van der Waals surface area (Å²) in [6, 6.07) is 18.8. The molecule has 4 rings (SSSR count). The Morgan fingerprint density at radius 2 is 1.85 bits per heavy atom. The van der Waals surface area contributed by atoms with E-state index in [4.69, 9.17) is 9.47 Å². The number of carbonyl (C=O) groups excluding carboxylic acids is 2. The maximum absolute atomic E-state index is 13.5. The molecule has 0 aliphatic carbocycles. The third kappa shape index (κ3) is 5.12. The summed E-state index contributed by atoms with van der Waals surface area (Å²) in [7, 11) is 3.14. The van der Waals surface area contributed by atoms with E-state index in [1.165, 1.54) is 23.1 Å². The first-order valence-corrected chi connectivity index (χ1v) is 11.2. The quantitative estimate of drug-likeness (QED) is 0.551. The summed E-state index contributed by atoms with van der Waals surface area (Å²) in [6.45, 7) is -0.175. The monoisotopic (exact) mass is 466 g/mol. The fourth-order valence-corrected chi connectivity index (χ4v) is 4.97. The van der Waals surface area contributed by atoms with Crippen molar-refractivity contribution in [1.82, 2.24) is 0 Å². The van der Waals surface area contributed by atoms with Crippen molar-refractivity contribution in [1.29, 1.82) is 0 Å². The van der Waals surface area contributed by atoms with Crippen molar-refractivity contribution in [3.63, 3.8) is 0 Å². The molecule has 1 aliphatic rings. The van der Waals surface area contributed by atoms with Crippen LogP contribution < -0.4 is 19.7 Å². The number of nitrogens with zero attached hydrogens (tertiary/aromatic N) is 1. The van der Waals surface area contributed by atoms with Gasteiger partial charge in [0.1, 0.15) is 12.4 Å². The Kier molecular flexibility index (Phi) is 6.84. The molecule has 0 saturated carbocycles. The highest BCUT2D eigenvalue weighted by atomic mass is 32.2. The fraction of sp³-hybridized carbons (Fsp3) is 0.200. The van der Waals surface area contributed by atoms with Crippen LogP contribution in [0.5, 0.6) is 11.5 Å². The minimum Gasteiger partial charge on any atom is -0.493 e. The molecule has 33 heavy (non-hydrogen) atoms. The van der Waals surface area contributed by atoms with E-state index < -0.39 is 11.7 Å². The Morgan fingerprint density at radius 3 is 2.61 bits per heavy atom. The number of carbonyl (C=O) groups is 2. The van der Waals surface area contributed by atoms with Gasteiger partial charge in [-0.15, -0.1) is 11.8 Å². The zero-order chi connectivity index (χ0) is 23.4. The molecular weight excluding hydrogens is 443 g/mol. The number of methoxy groups -OCH3 is 2. The summed E-state index contributed by atoms with van der Waals surface area (Å²) in [5.41, 5.74) is 1.94. The van der Waals surface area contributed by atoms with Crippen molar-refractivity contribution < 1.29 is 23.5 Å². The molecule has 0 spiro atoms. The average molecular weight is 467 g/mol. The van der Waals surface area contributed by atoms with E-state index in [9.17, 15) is 14.0 Å². The number of nitrogens with one attached hydrogen (secondary N) is 1. The SMILES string of the molecule is COc1ccc([C@H]2CC(=O)N(CC(=O)Nc3cccc(F)c3)c3ccccc3S2)cc1OC. The van der Waals surface area contributed by atoms with E-state index in [0.29, 0.717) is 22.9 Å². The van der Waals surface area contributed by atoms with Crippen molar-refractivity contribution in [2.45, 2.75) is 16.6 Å². The number of hydrogen-bond acceptors (Lipinski definition) is 5. The normalized spacial score (nSPS) is 15.4. The van der Waals surface area contributed by atoms with Crippen molar-refractivity contribution in [3.05, 3.63) is 78.1 Å². The van der Waals surface area contributed by atoms with Crippen molar-refractivity contribution in [2.75, 3.05) is 31.0 Å². The minimum atomic E-state index is -0.446. The van der Waals surface area contributed by atoms with Gasteiger partial charge in [-0.05, 0) is 48.0 Å². The van der Waals surface area contributed by atoms with Crippen LogP contribution in [-0.2, 0) is 9.59 Å². The van der Waals surface area contributed by atoms with E-state index in [1.54, 1.807) is 32.0 Å². The predicted molar refractivity (Wildman–Crippen MR) is 127 cm³/mol. The number of benzene rings is 3. The molecule has 0 radical (unpaired) electrons. The van der Waals surface area contributed by atoms with Gasteiger partial charge in [-0.25, -0.2) is 4.39 Å². The van der Waals surface area contributed by atoms with Gasteiger partial charge >= 0.3 is 0 Å². The highest BCUT2D eigenvalue weighted by molar-refractivity contribution is 7.99. The Hall–Kier alpha value is -3.52. The Labute approximate surface area is 195 Å². The molecule has 0 fully saturated rings. The third-order valence-corrected chi connectivity index (χ3v) is 6.60. The third-order valence-electron chi connectivity index (χ3n) is 5.28. The van der Waals surface area contributed by atoms with Crippen molar-refractivity contribution in [2.24, 2.45) is 0 Å². The van der Waals surface area contributed by atoms with Crippen LogP contribution in [0, 0.1) is 5.82 Å². The molecule has 0 bridgehead atoms. The lowest BCUT2D eigenvalue weighted by atomic mass is 10.1. The maximum Gasteiger partial charge on any atom is 0.244 e. The molecule has 0 aromatic heterocycles. The lowest BCUT2D eigenvalue weighted by molar-refractivity contribution is -0.121. The van der Waals surface area contributed by atoms with Gasteiger partial charge in [0.2, 0.25) is 11.8 Å². The summed E-state index contributed by atoms with van der Waals surface area (Å²) < 4.78 is 24.2. The number of amides is 2. The van der Waals surface area contributed by atoms with Gasteiger partial charge in [-0.3, -0.25) is 9.59 Å². The Morgan fingerprint density at radius 1 is 1.06 bits per heavy atom. The molecule has 170 valence electrons. The standard InChI is InChI=1S/C25H23FN2O4S/c1-31-20-11-10-16(12-21(20)32-2)23-14-25(30)28(19-8-3-4-9-22(19)33-23)15-24(29)27-18-7-5-6-17(26)13-18/h3-13,23H,14-15H2,1-2H3,(H,27,29)/t23-/m1/s1. The van der Waals surface area contributed by atoms with Crippen LogP contribution in [0.4, 0.5) is 15.8 Å². The van der Waals surface area contributed by atoms with Crippen LogP contribution in [0.15, 0.2) is 71.6 Å². The Bertz CT molecular complexity index is 1190. The predicted octanol–water partition coefficient (Wildman–Crippen LogP) is 5.05. The smallest absolute Gasteiger partial charge is 0.244 e. The van der Waals surface area contributed by atoms with Gasteiger partial charge in [0.25, 0.3) is 0 Å². The summed E-state index contributed by atoms with van der Waals surface area (Å²) in [4.78, 5) is 28.4. The first-order chi connectivity index (χ1) is 16.0. The highest BCUT2D eigenvalue weighted by Crippen LogP contribution is 2.46. The number of para-hydroxylation sites is 1. The maximum atomic E-state index is 13.5. The number of ether oxygens (including phenoxy) is 2. The van der Waals surface area contributed by atoms with Crippen LogP contribution in [0.1, 0.15) is 17.2 Å². The second-order valence-corrected chi connectivity index (χ2v) is 8.68. The van der Waals surface area contributed by atoms with Gasteiger partial charge < -0.3 is 19.7 Å². The van der Waals surface area contributed by atoms with Crippen LogP contribution in [0.25, 0.3) is 0 Å². The van der Waals surface area contributed by atoms with Gasteiger partial charge in [0, 0.05) is 22.3 Å². The molecule has 1 heterocycles. The molecule has 0 saturated heterocycles. The van der Waals surface area contributed by atoms with Crippen LogP contribution in [-0.4, -0.2) is 32.6 Å². The fourth-order valence-electron chi connectivity index (χ4n) is 3.70. The number of hydrogen-bond donors (Lipinski definition) is 1. The summed E-state index contributed by atoms with van der Waals surface area (Å²) in [5, 5.41) is 2.49. The second kappa shape index (κ2) is 9.95. The van der Waals surface area contributed by atoms with Gasteiger partial charge in [-0.2, -0.15) is 0 Å². The van der Waals surface area contributed by atoms with Crippen LogP contribution in [0.3, 0.4) is 0 Å². The second-order valence-electron chi connectivity index (χ2n) is 7.43. The molecule has 8 heteroatoms. The number of thioether (sulfide) groups is 1. The number of fused-ring (bicyclic) bond motifs is 1. The molecule has 1 aliphatic heterocycles. The van der Waals surface area contributed by atoms with Gasteiger partial charge in [0.15, 0.2) is 11.5 Å². The molecule has 3 aromatic carbocycles. The molecule has 6 nitrogen and oxygen atoms in total. The van der Waals surface area contributed by atoms with Crippen molar-refractivity contribution in [3.8, 4) is 11.5 Å². The van der Waals surface area contributed by atoms with E-state index in [1.807, 2.05) is 42.5 Å². The zero-order valence-corrected chi connectivity index (χ0v) is 19.0. The molecular formula is C25H23FN2O4S. The minimum absolute atomic E-state index is 0.172. The van der Waals surface area contributed by atoms with Crippen LogP contribution in [0.2, 0.25) is 0 Å². The Balaban J connectivity index is 1.60. The molecule has 1 N–H and O–H groups in total. The molecule has 0 unspecified atom stereocenters. The van der Waals surface area contributed by atoms with E-state index >= 15 is 0 Å². The summed E-state index contributed by atoms with van der Waals surface area (Å²) in [5.74, 6) is 0.173. The number of halogens is 1. The summed E-state index contributed by atoms with van der Waals surface area (Å²) in [6.07, 6.45) is 0.197. The first kappa shape index (κ1) is 22.7. The molecule has 3 aromatic rings. The van der Waals surface area contributed by atoms with Gasteiger partial charge in [-0.1, -0.05) is 24.3 Å². The number of anilines is 2. The topological polar surface area (TPSA) is 67.9 Å². The first-order valence-electron chi connectivity index (χ1n) is 10.3. The molecule has 1 atom stereocenters. The lowest BCUT2D eigenvalue weighted by Gasteiger charge is -2.22. The lowest BCUT2D eigenvalue weighted by Crippen LogP contribution is -2.38. The largest absolute Gasteiger partial charge is 0.493 e. The number of rotatable bonds is 6.